The third-order valence-electron chi connectivity index (χ3n) is 2.02. The Bertz CT molecular complexity index is 244. The first-order valence-corrected chi connectivity index (χ1v) is 4.45. The van der Waals surface area contributed by atoms with Crippen LogP contribution in [0.15, 0.2) is 48.4 Å². The van der Waals surface area contributed by atoms with Crippen LogP contribution in [-0.4, -0.2) is 11.9 Å². The fourth-order valence-corrected chi connectivity index (χ4v) is 0.828. The Kier molecular flexibility index (Phi) is 5.69. The van der Waals surface area contributed by atoms with Gasteiger partial charge in [-0.05, 0) is 32.4 Å². The Morgan fingerprint density at radius 3 is 2.31 bits per heavy atom. The van der Waals surface area contributed by atoms with E-state index in [2.05, 4.69) is 25.3 Å². The standard InChI is InChI=1S/C12H19N/c1-6-8-9-10-13(5)12(4)11(3)7-2/h6-10H,2H2,1,3-5H3/b8-6-,10-9-,12-11-. The first kappa shape index (κ1) is 11.8. The Balaban J connectivity index is 4.43. The van der Waals surface area contributed by atoms with E-state index < -0.39 is 0 Å². The highest BCUT2D eigenvalue weighted by atomic mass is 15.1. The van der Waals surface area contributed by atoms with Gasteiger partial charge in [0.05, 0.1) is 0 Å². The maximum atomic E-state index is 3.74. The van der Waals surface area contributed by atoms with Gasteiger partial charge in [0.1, 0.15) is 0 Å². The van der Waals surface area contributed by atoms with Crippen LogP contribution in [0.5, 0.6) is 0 Å². The van der Waals surface area contributed by atoms with Crippen molar-refractivity contribution < 1.29 is 0 Å². The van der Waals surface area contributed by atoms with Gasteiger partial charge in [-0.15, -0.1) is 0 Å². The van der Waals surface area contributed by atoms with E-state index in [0.717, 1.165) is 0 Å². The minimum atomic E-state index is 1.20. The lowest BCUT2D eigenvalue weighted by Gasteiger charge is -2.16. The molecule has 0 fully saturated rings. The van der Waals surface area contributed by atoms with E-state index in [4.69, 9.17) is 0 Å². The van der Waals surface area contributed by atoms with Crippen LogP contribution in [0.3, 0.4) is 0 Å². The summed E-state index contributed by atoms with van der Waals surface area (Å²) in [7, 11) is 2.03. The van der Waals surface area contributed by atoms with Crippen molar-refractivity contribution >= 4 is 0 Å². The summed E-state index contributed by atoms with van der Waals surface area (Å²) < 4.78 is 0. The third-order valence-corrected chi connectivity index (χ3v) is 2.02. The Morgan fingerprint density at radius 2 is 1.85 bits per heavy atom. The molecule has 0 N–H and O–H groups in total. The lowest BCUT2D eigenvalue weighted by Crippen LogP contribution is -2.08. The molecule has 1 nitrogen and oxygen atoms in total. The van der Waals surface area contributed by atoms with Crippen molar-refractivity contribution in [2.45, 2.75) is 20.8 Å². The van der Waals surface area contributed by atoms with Crippen LogP contribution >= 0.6 is 0 Å². The minimum absolute atomic E-state index is 1.20. The minimum Gasteiger partial charge on any atom is -0.354 e. The molecule has 0 unspecified atom stereocenters. The van der Waals surface area contributed by atoms with E-state index in [-0.39, 0.29) is 0 Å². The van der Waals surface area contributed by atoms with Crippen LogP contribution < -0.4 is 0 Å². The molecule has 72 valence electrons. The van der Waals surface area contributed by atoms with Gasteiger partial charge in [-0.25, -0.2) is 0 Å². The van der Waals surface area contributed by atoms with Crippen LogP contribution in [-0.2, 0) is 0 Å². The van der Waals surface area contributed by atoms with Crippen LogP contribution in [0, 0.1) is 0 Å². The van der Waals surface area contributed by atoms with E-state index in [0.29, 0.717) is 0 Å². The first-order chi connectivity index (χ1) is 6.13. The van der Waals surface area contributed by atoms with Crippen molar-refractivity contribution in [3.05, 3.63) is 48.4 Å². The maximum absolute atomic E-state index is 3.74. The lowest BCUT2D eigenvalue weighted by atomic mass is 10.2. The number of hydrogen-bond donors (Lipinski definition) is 0. The van der Waals surface area contributed by atoms with Gasteiger partial charge in [0.25, 0.3) is 0 Å². The van der Waals surface area contributed by atoms with E-state index in [9.17, 15) is 0 Å². The smallest absolute Gasteiger partial charge is 0.0169 e. The van der Waals surface area contributed by atoms with Crippen molar-refractivity contribution in [3.8, 4) is 0 Å². The highest BCUT2D eigenvalue weighted by Gasteiger charge is 1.95. The van der Waals surface area contributed by atoms with Crippen molar-refractivity contribution in [2.75, 3.05) is 7.05 Å². The monoisotopic (exact) mass is 177 g/mol. The molecule has 0 rings (SSSR count). The Labute approximate surface area is 81.8 Å². The molecule has 0 bridgehead atoms. The second-order valence-corrected chi connectivity index (χ2v) is 2.95. The molecule has 0 aromatic rings. The maximum Gasteiger partial charge on any atom is 0.0169 e. The normalized spacial score (nSPS) is 13.5. The Morgan fingerprint density at radius 1 is 1.23 bits per heavy atom. The predicted molar refractivity (Wildman–Crippen MR) is 60.3 cm³/mol. The highest BCUT2D eigenvalue weighted by molar-refractivity contribution is 5.21. The second kappa shape index (κ2) is 6.30. The molecule has 0 aliphatic carbocycles. The molecule has 1 heteroatoms. The molecule has 0 aromatic carbocycles. The van der Waals surface area contributed by atoms with Crippen molar-refractivity contribution in [1.82, 2.24) is 4.90 Å². The molecular formula is C12H19N. The van der Waals surface area contributed by atoms with E-state index in [1.807, 2.05) is 44.5 Å². The molecule has 0 spiro atoms. The van der Waals surface area contributed by atoms with Crippen LogP contribution in [0.25, 0.3) is 0 Å². The fourth-order valence-electron chi connectivity index (χ4n) is 0.828. The molecule has 13 heavy (non-hydrogen) atoms. The highest BCUT2D eigenvalue weighted by Crippen LogP contribution is 2.08. The number of hydrogen-bond acceptors (Lipinski definition) is 1. The van der Waals surface area contributed by atoms with Gasteiger partial charge >= 0.3 is 0 Å². The summed E-state index contributed by atoms with van der Waals surface area (Å²) in [4.78, 5) is 2.08. The molecular weight excluding hydrogens is 158 g/mol. The summed E-state index contributed by atoms with van der Waals surface area (Å²) in [5.41, 5.74) is 2.42. The summed E-state index contributed by atoms with van der Waals surface area (Å²) in [6.45, 7) is 9.88. The van der Waals surface area contributed by atoms with Gasteiger partial charge in [-0.2, -0.15) is 0 Å². The molecule has 0 aromatic heterocycles. The van der Waals surface area contributed by atoms with Crippen LogP contribution in [0.1, 0.15) is 20.8 Å². The zero-order chi connectivity index (χ0) is 10.3. The molecule has 0 aliphatic heterocycles. The van der Waals surface area contributed by atoms with Gasteiger partial charge in [-0.3, -0.25) is 0 Å². The van der Waals surface area contributed by atoms with Gasteiger partial charge < -0.3 is 4.90 Å². The molecule has 0 saturated heterocycles. The van der Waals surface area contributed by atoms with E-state index in [1.54, 1.807) is 0 Å². The quantitative estimate of drug-likeness (QED) is 0.594. The summed E-state index contributed by atoms with van der Waals surface area (Å²) >= 11 is 0. The number of allylic oxidation sites excluding steroid dienone is 6. The molecule has 0 heterocycles. The van der Waals surface area contributed by atoms with Gasteiger partial charge in [-0.1, -0.05) is 24.8 Å². The largest absolute Gasteiger partial charge is 0.354 e. The fraction of sp³-hybridized carbons (Fsp3) is 0.333. The molecule has 0 radical (unpaired) electrons. The topological polar surface area (TPSA) is 3.24 Å². The molecule has 0 atom stereocenters. The zero-order valence-corrected chi connectivity index (χ0v) is 9.04. The van der Waals surface area contributed by atoms with Gasteiger partial charge in [0.15, 0.2) is 0 Å². The van der Waals surface area contributed by atoms with E-state index in [1.165, 1.54) is 11.3 Å². The lowest BCUT2D eigenvalue weighted by molar-refractivity contribution is 0.564. The third kappa shape index (κ3) is 4.36. The summed E-state index contributed by atoms with van der Waals surface area (Å²) in [5, 5.41) is 0. The second-order valence-electron chi connectivity index (χ2n) is 2.95. The average Bonchev–Trinajstić information content (AvgIpc) is 2.15. The SMILES string of the molecule is C=C/C(C)=C(/C)N(C)/C=C\C=C/C. The number of nitrogens with zero attached hydrogens (tertiary/aromatic N) is 1. The average molecular weight is 177 g/mol. The van der Waals surface area contributed by atoms with Crippen molar-refractivity contribution in [2.24, 2.45) is 0 Å². The number of rotatable bonds is 4. The van der Waals surface area contributed by atoms with Crippen molar-refractivity contribution in [3.63, 3.8) is 0 Å². The molecule has 0 saturated carbocycles. The molecule has 0 amide bonds. The summed E-state index contributed by atoms with van der Waals surface area (Å²) in [6.07, 6.45) is 9.92. The summed E-state index contributed by atoms with van der Waals surface area (Å²) in [6, 6.07) is 0. The predicted octanol–water partition coefficient (Wildman–Crippen LogP) is 3.49. The zero-order valence-electron chi connectivity index (χ0n) is 9.04. The van der Waals surface area contributed by atoms with Crippen LogP contribution in [0.4, 0.5) is 0 Å². The van der Waals surface area contributed by atoms with E-state index >= 15 is 0 Å². The van der Waals surface area contributed by atoms with Crippen LogP contribution in [0.2, 0.25) is 0 Å². The Hall–Kier alpha value is -1.24. The van der Waals surface area contributed by atoms with Gasteiger partial charge in [0.2, 0.25) is 0 Å². The van der Waals surface area contributed by atoms with Gasteiger partial charge in [0, 0.05) is 18.9 Å². The van der Waals surface area contributed by atoms with Crippen molar-refractivity contribution in [1.29, 1.82) is 0 Å². The summed E-state index contributed by atoms with van der Waals surface area (Å²) in [5.74, 6) is 0. The first-order valence-electron chi connectivity index (χ1n) is 4.45. The molecule has 0 aliphatic rings.